The number of nitrogens with zero attached hydrogens (tertiary/aromatic N) is 1. The van der Waals surface area contributed by atoms with E-state index < -0.39 is 10.0 Å². The molecule has 0 unspecified atom stereocenters. The first-order valence-corrected chi connectivity index (χ1v) is 10.4. The van der Waals surface area contributed by atoms with Crippen molar-refractivity contribution >= 4 is 26.7 Å². The lowest BCUT2D eigenvalue weighted by Gasteiger charge is -2.10. The maximum absolute atomic E-state index is 13.4. The Morgan fingerprint density at radius 3 is 2.07 bits per heavy atom. The second kappa shape index (κ2) is 6.77. The molecule has 0 aliphatic rings. The van der Waals surface area contributed by atoms with Crippen LogP contribution in [0.15, 0.2) is 83.8 Å². The Morgan fingerprint density at radius 1 is 0.786 bits per heavy atom. The molecule has 0 aliphatic heterocycles. The van der Waals surface area contributed by atoms with Gasteiger partial charge < -0.3 is 0 Å². The van der Waals surface area contributed by atoms with E-state index in [-0.39, 0.29) is 10.7 Å². The molecule has 0 amide bonds. The van der Waals surface area contributed by atoms with Crippen molar-refractivity contribution in [1.82, 2.24) is 3.97 Å². The molecule has 5 heteroatoms. The van der Waals surface area contributed by atoms with E-state index in [4.69, 9.17) is 0 Å². The van der Waals surface area contributed by atoms with E-state index in [0.717, 1.165) is 5.56 Å². The van der Waals surface area contributed by atoms with Gasteiger partial charge in [0.15, 0.2) is 5.78 Å². The third kappa shape index (κ3) is 2.84. The fourth-order valence-corrected chi connectivity index (χ4v) is 5.05. The molecule has 4 rings (SSSR count). The van der Waals surface area contributed by atoms with E-state index in [1.165, 1.54) is 3.97 Å². The van der Waals surface area contributed by atoms with Crippen LogP contribution in [0.4, 0.5) is 0 Å². The molecule has 0 aliphatic carbocycles. The van der Waals surface area contributed by atoms with Crippen molar-refractivity contribution < 1.29 is 13.2 Å². The van der Waals surface area contributed by atoms with Gasteiger partial charge in [-0.15, -0.1) is 0 Å². The smallest absolute Gasteiger partial charge is 0.268 e. The van der Waals surface area contributed by atoms with Crippen LogP contribution in [-0.2, 0) is 10.0 Å². The van der Waals surface area contributed by atoms with Crippen LogP contribution in [-0.4, -0.2) is 18.2 Å². The number of benzene rings is 3. The zero-order valence-corrected chi connectivity index (χ0v) is 16.4. The first-order valence-electron chi connectivity index (χ1n) is 8.93. The van der Waals surface area contributed by atoms with Gasteiger partial charge in [-0.1, -0.05) is 66.2 Å². The Hall–Kier alpha value is -3.18. The van der Waals surface area contributed by atoms with E-state index in [1.54, 1.807) is 73.7 Å². The molecule has 1 heterocycles. The van der Waals surface area contributed by atoms with Gasteiger partial charge in [-0.3, -0.25) is 4.79 Å². The number of para-hydroxylation sites is 1. The average Bonchev–Trinajstić information content (AvgIpc) is 3.01. The lowest BCUT2D eigenvalue weighted by molar-refractivity contribution is 0.103. The predicted octanol–water partition coefficient (Wildman–Crippen LogP) is 4.73. The van der Waals surface area contributed by atoms with Crippen molar-refractivity contribution in [2.45, 2.75) is 18.7 Å². The first kappa shape index (κ1) is 18.2. The SMILES string of the molecule is Cc1ccc(S(=O)(=O)n2c(C)c(C(=O)c3ccccc3)c3ccccc32)cc1. The van der Waals surface area contributed by atoms with E-state index in [0.29, 0.717) is 27.7 Å². The number of hydrogen-bond acceptors (Lipinski definition) is 3. The summed E-state index contributed by atoms with van der Waals surface area (Å²) < 4.78 is 28.1. The van der Waals surface area contributed by atoms with Crippen molar-refractivity contribution in [2.75, 3.05) is 0 Å². The molecule has 0 spiro atoms. The Kier molecular flexibility index (Phi) is 4.40. The van der Waals surface area contributed by atoms with E-state index in [9.17, 15) is 13.2 Å². The van der Waals surface area contributed by atoms with E-state index >= 15 is 0 Å². The third-order valence-electron chi connectivity index (χ3n) is 4.88. The Bertz CT molecular complexity index is 1290. The van der Waals surface area contributed by atoms with Crippen LogP contribution >= 0.6 is 0 Å². The number of rotatable bonds is 4. The highest BCUT2D eigenvalue weighted by molar-refractivity contribution is 7.90. The molecule has 0 N–H and O–H groups in total. The van der Waals surface area contributed by atoms with Gasteiger partial charge in [-0.25, -0.2) is 12.4 Å². The largest absolute Gasteiger partial charge is 0.289 e. The van der Waals surface area contributed by atoms with E-state index in [1.807, 2.05) is 19.1 Å². The van der Waals surface area contributed by atoms with Crippen LogP contribution in [0.1, 0.15) is 27.2 Å². The number of fused-ring (bicyclic) bond motifs is 1. The molecule has 1 aromatic heterocycles. The van der Waals surface area contributed by atoms with Gasteiger partial charge in [0, 0.05) is 16.6 Å². The molecule has 0 saturated carbocycles. The van der Waals surface area contributed by atoms with Crippen LogP contribution in [0.2, 0.25) is 0 Å². The van der Waals surface area contributed by atoms with Crippen LogP contribution < -0.4 is 0 Å². The summed E-state index contributed by atoms with van der Waals surface area (Å²) in [5.41, 5.74) is 2.84. The monoisotopic (exact) mass is 389 g/mol. The van der Waals surface area contributed by atoms with Gasteiger partial charge in [0.2, 0.25) is 0 Å². The molecule has 28 heavy (non-hydrogen) atoms. The Balaban J connectivity index is 2.00. The summed E-state index contributed by atoms with van der Waals surface area (Å²) in [6, 6.07) is 22.7. The zero-order valence-electron chi connectivity index (χ0n) is 15.6. The average molecular weight is 389 g/mol. The molecule has 0 bridgehead atoms. The standard InChI is InChI=1S/C23H19NO3S/c1-16-12-14-19(15-13-16)28(26,27)24-17(2)22(20-10-6-7-11-21(20)24)23(25)18-8-4-3-5-9-18/h3-15H,1-2H3. The predicted molar refractivity (Wildman–Crippen MR) is 110 cm³/mol. The fourth-order valence-electron chi connectivity index (χ4n) is 3.49. The minimum Gasteiger partial charge on any atom is -0.289 e. The van der Waals surface area contributed by atoms with Crippen LogP contribution in [0.5, 0.6) is 0 Å². The van der Waals surface area contributed by atoms with Crippen molar-refractivity contribution in [2.24, 2.45) is 0 Å². The maximum atomic E-state index is 13.4. The van der Waals surface area contributed by atoms with Crippen molar-refractivity contribution in [3.05, 3.63) is 101 Å². The van der Waals surface area contributed by atoms with E-state index in [2.05, 4.69) is 0 Å². The minimum atomic E-state index is -3.84. The maximum Gasteiger partial charge on any atom is 0.268 e. The number of aromatic nitrogens is 1. The Morgan fingerprint density at radius 2 is 1.39 bits per heavy atom. The normalized spacial score (nSPS) is 11.6. The first-order chi connectivity index (χ1) is 13.4. The van der Waals surface area contributed by atoms with Gasteiger partial charge in [-0.2, -0.15) is 0 Å². The molecule has 4 nitrogen and oxygen atoms in total. The molecule has 3 aromatic carbocycles. The summed E-state index contributed by atoms with van der Waals surface area (Å²) >= 11 is 0. The number of aryl methyl sites for hydroxylation is 1. The summed E-state index contributed by atoms with van der Waals surface area (Å²) in [5, 5.41) is 0.629. The molecular formula is C23H19NO3S. The second-order valence-corrected chi connectivity index (χ2v) is 8.54. The van der Waals surface area contributed by atoms with Crippen molar-refractivity contribution in [1.29, 1.82) is 0 Å². The third-order valence-corrected chi connectivity index (χ3v) is 6.70. The molecule has 140 valence electrons. The Labute approximate surface area is 164 Å². The molecule has 0 radical (unpaired) electrons. The van der Waals surface area contributed by atoms with Gasteiger partial charge >= 0.3 is 0 Å². The zero-order chi connectivity index (χ0) is 19.9. The summed E-state index contributed by atoms with van der Waals surface area (Å²) in [6.07, 6.45) is 0. The number of carbonyl (C=O) groups is 1. The van der Waals surface area contributed by atoms with Crippen molar-refractivity contribution in [3.8, 4) is 0 Å². The number of hydrogen-bond donors (Lipinski definition) is 0. The number of ketones is 1. The fraction of sp³-hybridized carbons (Fsp3) is 0.0870. The van der Waals surface area contributed by atoms with Crippen LogP contribution in [0, 0.1) is 13.8 Å². The second-order valence-electron chi connectivity index (χ2n) is 6.76. The lowest BCUT2D eigenvalue weighted by atomic mass is 10.0. The molecule has 0 saturated heterocycles. The highest BCUT2D eigenvalue weighted by Gasteiger charge is 2.27. The molecule has 0 atom stereocenters. The summed E-state index contributed by atoms with van der Waals surface area (Å²) in [6.45, 7) is 3.59. The van der Waals surface area contributed by atoms with Gasteiger partial charge in [0.05, 0.1) is 16.0 Å². The van der Waals surface area contributed by atoms with Crippen LogP contribution in [0.3, 0.4) is 0 Å². The summed E-state index contributed by atoms with van der Waals surface area (Å²) in [5.74, 6) is -0.188. The van der Waals surface area contributed by atoms with Gasteiger partial charge in [-0.05, 0) is 32.0 Å². The molecule has 4 aromatic rings. The number of carbonyl (C=O) groups excluding carboxylic acids is 1. The van der Waals surface area contributed by atoms with Gasteiger partial charge in [0.1, 0.15) is 0 Å². The topological polar surface area (TPSA) is 56.1 Å². The van der Waals surface area contributed by atoms with Crippen LogP contribution in [0.25, 0.3) is 10.9 Å². The minimum absolute atomic E-state index is 0.188. The highest BCUT2D eigenvalue weighted by Crippen LogP contribution is 2.31. The highest BCUT2D eigenvalue weighted by atomic mass is 32.2. The summed E-state index contributed by atoms with van der Waals surface area (Å²) in [4.78, 5) is 13.4. The molecule has 0 fully saturated rings. The molecular weight excluding hydrogens is 370 g/mol. The quantitative estimate of drug-likeness (QED) is 0.474. The van der Waals surface area contributed by atoms with Gasteiger partial charge in [0.25, 0.3) is 10.0 Å². The lowest BCUT2D eigenvalue weighted by Crippen LogP contribution is -2.15. The summed E-state index contributed by atoms with van der Waals surface area (Å²) in [7, 11) is -3.84. The van der Waals surface area contributed by atoms with Crippen molar-refractivity contribution in [3.63, 3.8) is 0 Å².